The van der Waals surface area contributed by atoms with Crippen LogP contribution >= 0.6 is 0 Å². The Balaban J connectivity index is 2.09. The maximum Gasteiger partial charge on any atom is 0.249 e. The predicted octanol–water partition coefficient (Wildman–Crippen LogP) is 15.5. The van der Waals surface area contributed by atoms with Crippen LogP contribution in [-0.4, -0.2) is 98.7 Å². The first-order valence-electron chi connectivity index (χ1n) is 32.2. The average molecular weight is 1050 g/mol. The predicted molar refractivity (Wildman–Crippen MR) is 310 cm³/mol. The lowest BCUT2D eigenvalue weighted by Gasteiger charge is -2.40. The van der Waals surface area contributed by atoms with Gasteiger partial charge in [-0.1, -0.05) is 295 Å². The van der Waals surface area contributed by atoms with Crippen LogP contribution in [0.15, 0.2) is 24.3 Å². The van der Waals surface area contributed by atoms with Crippen molar-refractivity contribution in [1.82, 2.24) is 5.32 Å². The Morgan fingerprint density at radius 2 is 0.784 bits per heavy atom. The smallest absolute Gasteiger partial charge is 0.249 e. The first-order valence-corrected chi connectivity index (χ1v) is 32.2. The fourth-order valence-electron chi connectivity index (χ4n) is 10.5. The molecule has 0 saturated carbocycles. The Labute approximate surface area is 456 Å². The van der Waals surface area contributed by atoms with Crippen LogP contribution in [0.5, 0.6) is 0 Å². The third kappa shape index (κ3) is 41.7. The summed E-state index contributed by atoms with van der Waals surface area (Å²) in [5.41, 5.74) is 0. The van der Waals surface area contributed by atoms with E-state index in [1.807, 2.05) is 6.08 Å². The highest BCUT2D eigenvalue weighted by Gasteiger charge is 2.44. The maximum absolute atomic E-state index is 13.1. The Hall–Kier alpha value is -1.37. The van der Waals surface area contributed by atoms with Gasteiger partial charge in [0.25, 0.3) is 0 Å². The van der Waals surface area contributed by atoms with Crippen molar-refractivity contribution >= 4 is 5.91 Å². The molecule has 0 radical (unpaired) electrons. The SMILES string of the molecule is CCCCCCCCCCCCC/C=C/C(O)C(COC1OC(CO)C(O)C(O)C1O)NC(=O)C(O)CCCCCCCCCCCCCCCCCC/C=C\CCCCCCCCCCCCCCCCCC. The van der Waals surface area contributed by atoms with Crippen molar-refractivity contribution < 1.29 is 44.9 Å². The van der Waals surface area contributed by atoms with Crippen LogP contribution in [0.3, 0.4) is 0 Å². The number of unbranched alkanes of at least 4 members (excludes halogenated alkanes) is 43. The van der Waals surface area contributed by atoms with Gasteiger partial charge in [-0.2, -0.15) is 0 Å². The van der Waals surface area contributed by atoms with E-state index in [1.54, 1.807) is 6.08 Å². The van der Waals surface area contributed by atoms with Crippen LogP contribution in [0.4, 0.5) is 0 Å². The quantitative estimate of drug-likeness (QED) is 0.0232. The Morgan fingerprint density at radius 3 is 1.14 bits per heavy atom. The highest BCUT2D eigenvalue weighted by Crippen LogP contribution is 2.23. The zero-order chi connectivity index (χ0) is 53.8. The van der Waals surface area contributed by atoms with Crippen LogP contribution in [0, 0.1) is 0 Å². The number of rotatable bonds is 56. The lowest BCUT2D eigenvalue weighted by Crippen LogP contribution is -2.60. The highest BCUT2D eigenvalue weighted by atomic mass is 16.7. The minimum Gasteiger partial charge on any atom is -0.394 e. The van der Waals surface area contributed by atoms with E-state index in [9.17, 15) is 35.4 Å². The maximum atomic E-state index is 13.1. The second-order valence-corrected chi connectivity index (χ2v) is 22.7. The molecule has 10 nitrogen and oxygen atoms in total. The Kier molecular flexibility index (Phi) is 51.2. The molecule has 1 heterocycles. The first kappa shape index (κ1) is 70.6. The molecule has 0 aromatic heterocycles. The molecule has 0 bridgehead atoms. The second kappa shape index (κ2) is 53.6. The van der Waals surface area contributed by atoms with Crippen LogP contribution in [0.25, 0.3) is 0 Å². The van der Waals surface area contributed by atoms with Gasteiger partial charge in [0, 0.05) is 0 Å². The Bertz CT molecular complexity index is 1230. The third-order valence-electron chi connectivity index (χ3n) is 15.6. The molecule has 7 N–H and O–H groups in total. The van der Waals surface area contributed by atoms with Crippen molar-refractivity contribution in [3.8, 4) is 0 Å². The molecule has 0 aromatic carbocycles. The molecule has 0 spiro atoms. The lowest BCUT2D eigenvalue weighted by atomic mass is 9.99. The molecule has 1 amide bonds. The number of aliphatic hydroxyl groups excluding tert-OH is 6. The topological polar surface area (TPSA) is 169 Å². The molecule has 10 heteroatoms. The molecule has 0 aromatic rings. The minimum atomic E-state index is -1.61. The highest BCUT2D eigenvalue weighted by molar-refractivity contribution is 5.80. The van der Waals surface area contributed by atoms with Gasteiger partial charge in [-0.15, -0.1) is 0 Å². The molecule has 8 atom stereocenters. The van der Waals surface area contributed by atoms with Crippen LogP contribution in [-0.2, 0) is 14.3 Å². The number of carbonyl (C=O) groups excluding carboxylic acids is 1. The molecule has 1 saturated heterocycles. The largest absolute Gasteiger partial charge is 0.394 e. The van der Waals surface area contributed by atoms with Crippen LogP contribution in [0.2, 0.25) is 0 Å². The molecular formula is C64H123NO9. The molecule has 1 aliphatic heterocycles. The van der Waals surface area contributed by atoms with Gasteiger partial charge in [-0.25, -0.2) is 0 Å². The number of nitrogens with one attached hydrogen (secondary N) is 1. The van der Waals surface area contributed by atoms with Crippen molar-refractivity contribution in [2.24, 2.45) is 0 Å². The van der Waals surface area contributed by atoms with Crippen molar-refractivity contribution in [3.05, 3.63) is 24.3 Å². The average Bonchev–Trinajstić information content (AvgIpc) is 3.40. The summed E-state index contributed by atoms with van der Waals surface area (Å²) in [5, 5.41) is 65.0. The summed E-state index contributed by atoms with van der Waals surface area (Å²) in [6.07, 6.45) is 58.9. The molecule has 8 unspecified atom stereocenters. The van der Waals surface area contributed by atoms with Gasteiger partial charge in [0.1, 0.15) is 30.5 Å². The lowest BCUT2D eigenvalue weighted by molar-refractivity contribution is -0.302. The number of allylic oxidation sites excluding steroid dienone is 3. The van der Waals surface area contributed by atoms with E-state index in [0.29, 0.717) is 6.42 Å². The van der Waals surface area contributed by atoms with Gasteiger partial charge >= 0.3 is 0 Å². The molecule has 1 aliphatic rings. The summed E-state index contributed by atoms with van der Waals surface area (Å²) < 4.78 is 11.2. The monoisotopic (exact) mass is 1050 g/mol. The van der Waals surface area contributed by atoms with Gasteiger partial charge in [0.15, 0.2) is 6.29 Å². The number of amides is 1. The van der Waals surface area contributed by atoms with E-state index in [2.05, 4.69) is 31.3 Å². The summed E-state index contributed by atoms with van der Waals surface area (Å²) in [7, 11) is 0. The van der Waals surface area contributed by atoms with Gasteiger partial charge in [-0.3, -0.25) is 4.79 Å². The van der Waals surface area contributed by atoms with E-state index < -0.39 is 61.5 Å². The summed E-state index contributed by atoms with van der Waals surface area (Å²) in [4.78, 5) is 13.1. The zero-order valence-electron chi connectivity index (χ0n) is 48.5. The summed E-state index contributed by atoms with van der Waals surface area (Å²) >= 11 is 0. The van der Waals surface area contributed by atoms with Crippen LogP contribution < -0.4 is 5.32 Å². The molecular weight excluding hydrogens is 927 g/mol. The zero-order valence-corrected chi connectivity index (χ0v) is 48.5. The van der Waals surface area contributed by atoms with Crippen molar-refractivity contribution in [2.45, 2.75) is 365 Å². The standard InChI is InChI=1S/C64H123NO9/c1-3-5-7-9-11-13-15-17-18-19-20-21-22-23-24-25-26-27-28-29-30-31-32-33-34-35-36-37-38-39-41-43-45-47-49-51-53-58(68)63(72)65-56(55-73-64-62(71)61(70)60(69)59(54-66)74-64)57(67)52-50-48-46-44-42-40-16-14-12-10-8-6-4-2/h27-28,50,52,56-62,64,66-71H,3-26,29-49,51,53-55H2,1-2H3,(H,65,72)/b28-27-,52-50+. The number of hydrogen-bond donors (Lipinski definition) is 7. The number of hydrogen-bond acceptors (Lipinski definition) is 9. The normalized spacial score (nSPS) is 19.5. The van der Waals surface area contributed by atoms with Gasteiger partial charge in [0.2, 0.25) is 5.91 Å². The van der Waals surface area contributed by atoms with E-state index in [0.717, 1.165) is 44.9 Å². The summed E-state index contributed by atoms with van der Waals surface area (Å²) in [6.45, 7) is 3.64. The molecule has 74 heavy (non-hydrogen) atoms. The fraction of sp³-hybridized carbons (Fsp3) is 0.922. The molecule has 0 aliphatic carbocycles. The van der Waals surface area contributed by atoms with Crippen molar-refractivity contribution in [3.63, 3.8) is 0 Å². The summed E-state index contributed by atoms with van der Waals surface area (Å²) in [6, 6.07) is -0.978. The minimum absolute atomic E-state index is 0.302. The second-order valence-electron chi connectivity index (χ2n) is 22.7. The van der Waals surface area contributed by atoms with E-state index in [1.165, 1.54) is 250 Å². The van der Waals surface area contributed by atoms with E-state index >= 15 is 0 Å². The van der Waals surface area contributed by atoms with Crippen molar-refractivity contribution in [1.29, 1.82) is 0 Å². The third-order valence-corrected chi connectivity index (χ3v) is 15.6. The van der Waals surface area contributed by atoms with Crippen LogP contribution in [0.1, 0.15) is 316 Å². The molecule has 438 valence electrons. The van der Waals surface area contributed by atoms with E-state index in [4.69, 9.17) is 9.47 Å². The van der Waals surface area contributed by atoms with Gasteiger partial charge in [0.05, 0.1) is 25.4 Å². The van der Waals surface area contributed by atoms with Gasteiger partial charge in [-0.05, 0) is 44.9 Å². The van der Waals surface area contributed by atoms with E-state index in [-0.39, 0.29) is 6.61 Å². The fourth-order valence-corrected chi connectivity index (χ4v) is 10.5. The number of ether oxygens (including phenoxy) is 2. The van der Waals surface area contributed by atoms with Gasteiger partial charge < -0.3 is 45.4 Å². The van der Waals surface area contributed by atoms with Crippen molar-refractivity contribution in [2.75, 3.05) is 13.2 Å². The molecule has 1 fully saturated rings. The Morgan fingerprint density at radius 1 is 0.459 bits per heavy atom. The number of aliphatic hydroxyl groups is 6. The number of carbonyl (C=O) groups is 1. The summed E-state index contributed by atoms with van der Waals surface area (Å²) in [5.74, 6) is -0.612. The molecule has 1 rings (SSSR count). The first-order chi connectivity index (χ1) is 36.3.